The summed E-state index contributed by atoms with van der Waals surface area (Å²) in [5.74, 6) is -0.516. The van der Waals surface area contributed by atoms with Gasteiger partial charge in [-0.3, -0.25) is 9.48 Å². The van der Waals surface area contributed by atoms with Gasteiger partial charge in [-0.05, 0) is 36.4 Å². The van der Waals surface area contributed by atoms with E-state index in [1.165, 1.54) is 0 Å². The van der Waals surface area contributed by atoms with Crippen LogP contribution in [0.5, 0.6) is 0 Å². The predicted molar refractivity (Wildman–Crippen MR) is 113 cm³/mol. The Morgan fingerprint density at radius 2 is 1.76 bits per heavy atom. The highest BCUT2D eigenvalue weighted by Crippen LogP contribution is 2.23. The number of hydrogen-bond donors (Lipinski definition) is 1. The number of ether oxygens (including phenoxy) is 1. The van der Waals surface area contributed by atoms with Crippen molar-refractivity contribution in [1.82, 2.24) is 9.78 Å². The van der Waals surface area contributed by atoms with Gasteiger partial charge in [0.2, 0.25) is 0 Å². The van der Waals surface area contributed by atoms with Crippen LogP contribution >= 0.6 is 11.6 Å². The first-order valence-electron chi connectivity index (χ1n) is 8.88. The molecule has 0 saturated heterocycles. The molecule has 0 aliphatic heterocycles. The molecule has 3 aromatic rings. The fraction of sp³-hybridized carbons (Fsp3) is 0.190. The minimum Gasteiger partial charge on any atom is -0.452 e. The molecule has 0 fully saturated rings. The minimum absolute atomic E-state index is 0.383. The van der Waals surface area contributed by atoms with Gasteiger partial charge in [0.15, 0.2) is 6.61 Å². The van der Waals surface area contributed by atoms with E-state index >= 15 is 0 Å². The van der Waals surface area contributed by atoms with Crippen molar-refractivity contribution in [2.75, 3.05) is 30.9 Å². The number of aryl methyl sites for hydroxylation is 1. The number of halogens is 1. The van der Waals surface area contributed by atoms with Crippen LogP contribution in [0.15, 0.2) is 54.6 Å². The van der Waals surface area contributed by atoms with Crippen molar-refractivity contribution in [2.24, 2.45) is 7.05 Å². The summed E-state index contributed by atoms with van der Waals surface area (Å²) < 4.78 is 6.64. The number of rotatable bonds is 6. The summed E-state index contributed by atoms with van der Waals surface area (Å²) in [4.78, 5) is 26.2. The van der Waals surface area contributed by atoms with E-state index in [0.717, 1.165) is 11.3 Å². The Bertz CT molecular complexity index is 1010. The van der Waals surface area contributed by atoms with E-state index in [0.29, 0.717) is 22.1 Å². The van der Waals surface area contributed by atoms with Gasteiger partial charge in [-0.25, -0.2) is 4.79 Å². The minimum atomic E-state index is -0.558. The summed E-state index contributed by atoms with van der Waals surface area (Å²) in [7, 11) is 5.54. The molecule has 0 radical (unpaired) electrons. The van der Waals surface area contributed by atoms with Crippen LogP contribution in [0.4, 0.5) is 11.5 Å². The highest BCUT2D eigenvalue weighted by molar-refractivity contribution is 6.30. The lowest BCUT2D eigenvalue weighted by Gasteiger charge is -2.12. The maximum atomic E-state index is 12.2. The Morgan fingerprint density at radius 1 is 1.10 bits per heavy atom. The molecule has 0 bridgehead atoms. The number of aromatic nitrogens is 2. The number of anilines is 2. The van der Waals surface area contributed by atoms with Crippen molar-refractivity contribution in [3.05, 3.63) is 65.2 Å². The summed E-state index contributed by atoms with van der Waals surface area (Å²) in [6.07, 6.45) is 0. The van der Waals surface area contributed by atoms with E-state index in [-0.39, 0.29) is 0 Å². The van der Waals surface area contributed by atoms with Gasteiger partial charge in [0.05, 0.1) is 11.3 Å². The zero-order valence-electron chi connectivity index (χ0n) is 16.3. The van der Waals surface area contributed by atoms with Crippen LogP contribution in [0.25, 0.3) is 11.3 Å². The third kappa shape index (κ3) is 5.14. The third-order valence-corrected chi connectivity index (χ3v) is 4.49. The average molecular weight is 413 g/mol. The van der Waals surface area contributed by atoms with Gasteiger partial charge in [0.25, 0.3) is 5.91 Å². The molecule has 0 aliphatic rings. The molecule has 3 rings (SSSR count). The maximum absolute atomic E-state index is 12.2. The number of hydrogen-bond acceptors (Lipinski definition) is 5. The van der Waals surface area contributed by atoms with Gasteiger partial charge in [0.1, 0.15) is 5.82 Å². The number of benzene rings is 2. The van der Waals surface area contributed by atoms with Gasteiger partial charge in [-0.15, -0.1) is 0 Å². The van der Waals surface area contributed by atoms with Crippen LogP contribution in [0.1, 0.15) is 10.4 Å². The van der Waals surface area contributed by atoms with Crippen molar-refractivity contribution in [3.63, 3.8) is 0 Å². The second-order valence-corrected chi connectivity index (χ2v) is 7.05. The third-order valence-electron chi connectivity index (χ3n) is 4.24. The number of esters is 1. The van der Waals surface area contributed by atoms with Crippen molar-refractivity contribution < 1.29 is 14.3 Å². The number of carbonyl (C=O) groups excluding carboxylic acids is 2. The van der Waals surface area contributed by atoms with Crippen molar-refractivity contribution in [2.45, 2.75) is 0 Å². The van der Waals surface area contributed by atoms with Crippen molar-refractivity contribution in [1.29, 1.82) is 0 Å². The van der Waals surface area contributed by atoms with Crippen LogP contribution in [-0.4, -0.2) is 42.4 Å². The smallest absolute Gasteiger partial charge is 0.338 e. The first kappa shape index (κ1) is 20.4. The van der Waals surface area contributed by atoms with Crippen LogP contribution in [-0.2, 0) is 16.6 Å². The Kier molecular flexibility index (Phi) is 6.19. The van der Waals surface area contributed by atoms with Crippen LogP contribution in [0.3, 0.4) is 0 Å². The Hall–Kier alpha value is -3.32. The topological polar surface area (TPSA) is 76.5 Å². The standard InChI is InChI=1S/C21H21ClN4O3/c1-25(2)17-10-6-15(7-11-17)21(28)29-13-20(27)23-19-12-18(24-26(19)3)14-4-8-16(22)9-5-14/h4-12H,13H2,1-3H3,(H,23,27). The summed E-state index contributed by atoms with van der Waals surface area (Å²) in [5, 5.41) is 7.71. The molecule has 29 heavy (non-hydrogen) atoms. The zero-order chi connectivity index (χ0) is 21.0. The molecule has 0 aliphatic carbocycles. The highest BCUT2D eigenvalue weighted by Gasteiger charge is 2.13. The number of nitrogens with zero attached hydrogens (tertiary/aromatic N) is 3. The van der Waals surface area contributed by atoms with Crippen LogP contribution in [0.2, 0.25) is 5.02 Å². The van der Waals surface area contributed by atoms with Crippen molar-refractivity contribution in [3.8, 4) is 11.3 Å². The predicted octanol–water partition coefficient (Wildman–Crippen LogP) is 3.60. The number of carbonyl (C=O) groups is 2. The molecule has 8 heteroatoms. The molecule has 0 unspecified atom stereocenters. The normalized spacial score (nSPS) is 10.5. The molecule has 0 atom stereocenters. The Balaban J connectivity index is 1.58. The molecular weight excluding hydrogens is 392 g/mol. The molecule has 2 aromatic carbocycles. The van der Waals surface area contributed by atoms with E-state index in [9.17, 15) is 9.59 Å². The molecule has 1 amide bonds. The van der Waals surface area contributed by atoms with E-state index in [1.807, 2.05) is 43.3 Å². The van der Waals surface area contributed by atoms with E-state index in [1.54, 1.807) is 42.1 Å². The van der Waals surface area contributed by atoms with E-state index in [2.05, 4.69) is 10.4 Å². The van der Waals surface area contributed by atoms with Crippen LogP contribution < -0.4 is 10.2 Å². The molecule has 1 heterocycles. The molecule has 1 N–H and O–H groups in total. The second-order valence-electron chi connectivity index (χ2n) is 6.61. The number of amides is 1. The van der Waals surface area contributed by atoms with E-state index in [4.69, 9.17) is 16.3 Å². The monoisotopic (exact) mass is 412 g/mol. The second kappa shape index (κ2) is 8.79. The highest BCUT2D eigenvalue weighted by atomic mass is 35.5. The average Bonchev–Trinajstić information content (AvgIpc) is 3.07. The SMILES string of the molecule is CN(C)c1ccc(C(=O)OCC(=O)Nc2cc(-c3ccc(Cl)cc3)nn2C)cc1. The van der Waals surface area contributed by atoms with Gasteiger partial charge >= 0.3 is 5.97 Å². The molecule has 1 aromatic heterocycles. The zero-order valence-corrected chi connectivity index (χ0v) is 17.1. The summed E-state index contributed by atoms with van der Waals surface area (Å²) in [6, 6.07) is 15.9. The summed E-state index contributed by atoms with van der Waals surface area (Å²) in [5.41, 5.74) is 2.91. The lowest BCUT2D eigenvalue weighted by molar-refractivity contribution is -0.119. The lowest BCUT2D eigenvalue weighted by atomic mass is 10.1. The quantitative estimate of drug-likeness (QED) is 0.626. The molecular formula is C21H21ClN4O3. The Labute approximate surface area is 173 Å². The summed E-state index contributed by atoms with van der Waals surface area (Å²) >= 11 is 5.90. The first-order valence-corrected chi connectivity index (χ1v) is 9.25. The van der Waals surface area contributed by atoms with Gasteiger partial charge in [-0.2, -0.15) is 5.10 Å². The molecule has 7 nitrogen and oxygen atoms in total. The van der Waals surface area contributed by atoms with Crippen LogP contribution in [0, 0.1) is 0 Å². The lowest BCUT2D eigenvalue weighted by Crippen LogP contribution is -2.22. The molecule has 150 valence electrons. The van der Waals surface area contributed by atoms with Gasteiger partial charge < -0.3 is 15.0 Å². The summed E-state index contributed by atoms with van der Waals surface area (Å²) in [6.45, 7) is -0.393. The van der Waals surface area contributed by atoms with Crippen molar-refractivity contribution >= 4 is 35.0 Å². The first-order chi connectivity index (χ1) is 13.8. The maximum Gasteiger partial charge on any atom is 0.338 e. The molecule has 0 saturated carbocycles. The van der Waals surface area contributed by atoms with Gasteiger partial charge in [-0.1, -0.05) is 23.7 Å². The largest absolute Gasteiger partial charge is 0.452 e. The fourth-order valence-corrected chi connectivity index (χ4v) is 2.76. The van der Waals surface area contributed by atoms with Gasteiger partial charge in [0, 0.05) is 43.5 Å². The number of nitrogens with one attached hydrogen (secondary N) is 1. The molecule has 0 spiro atoms. The Morgan fingerprint density at radius 3 is 2.38 bits per heavy atom. The fourth-order valence-electron chi connectivity index (χ4n) is 2.63. The van der Waals surface area contributed by atoms with E-state index < -0.39 is 18.5 Å².